The van der Waals surface area contributed by atoms with Crippen molar-refractivity contribution in [3.63, 3.8) is 0 Å². The zero-order chi connectivity index (χ0) is 21.5. The van der Waals surface area contributed by atoms with Gasteiger partial charge in [0, 0.05) is 27.2 Å². The van der Waals surface area contributed by atoms with Gasteiger partial charge in [-0.1, -0.05) is 0 Å². The molecule has 0 radical (unpaired) electrons. The number of ether oxygens (including phenoxy) is 2. The lowest BCUT2D eigenvalue weighted by Gasteiger charge is -2.36. The molecule has 11 heteroatoms. The highest BCUT2D eigenvalue weighted by Crippen LogP contribution is 2.13. The van der Waals surface area contributed by atoms with Crippen LogP contribution in [0.3, 0.4) is 0 Å². The molecule has 0 saturated carbocycles. The molecule has 2 aromatic heterocycles. The number of carbonyl (C=O) groups is 2. The summed E-state index contributed by atoms with van der Waals surface area (Å²) in [6.45, 7) is 5.41. The van der Waals surface area contributed by atoms with Crippen LogP contribution in [0.5, 0.6) is 0 Å². The lowest BCUT2D eigenvalue weighted by atomic mass is 10.2. The summed E-state index contributed by atoms with van der Waals surface area (Å²) in [7, 11) is 3.08. The van der Waals surface area contributed by atoms with Crippen molar-refractivity contribution in [2.45, 2.75) is 45.6 Å². The minimum Gasteiger partial charge on any atom is -0.451 e. The first-order chi connectivity index (χ1) is 13.6. The molecular weight excluding hydrogens is 382 g/mol. The molecule has 3 heterocycles. The predicted molar refractivity (Wildman–Crippen MR) is 102 cm³/mol. The quantitative estimate of drug-likeness (QED) is 0.597. The summed E-state index contributed by atoms with van der Waals surface area (Å²) >= 11 is 0. The van der Waals surface area contributed by atoms with Gasteiger partial charge in [-0.3, -0.25) is 19.0 Å². The number of esters is 1. The third-order valence-corrected chi connectivity index (χ3v) is 4.88. The number of aromatic nitrogens is 4. The first-order valence-corrected chi connectivity index (χ1v) is 9.34. The van der Waals surface area contributed by atoms with Gasteiger partial charge in [0.05, 0.1) is 18.5 Å². The molecule has 3 unspecified atom stereocenters. The van der Waals surface area contributed by atoms with Gasteiger partial charge < -0.3 is 18.9 Å². The standard InChI is InChI=1S/C18H25N5O6/c1-10-6-22(7-11(2)28-10)16(25)12(3)29-13(24)8-23-17(26)14-15(19-9-20(14)4)21(5)18(23)27/h9-12H,6-8H2,1-5H3. The van der Waals surface area contributed by atoms with E-state index in [2.05, 4.69) is 4.98 Å². The molecule has 1 saturated heterocycles. The van der Waals surface area contributed by atoms with Gasteiger partial charge in [0.2, 0.25) is 0 Å². The van der Waals surface area contributed by atoms with Crippen molar-refractivity contribution >= 4 is 23.0 Å². The van der Waals surface area contributed by atoms with Crippen LogP contribution in [-0.2, 0) is 39.7 Å². The van der Waals surface area contributed by atoms with Crippen LogP contribution >= 0.6 is 0 Å². The summed E-state index contributed by atoms with van der Waals surface area (Å²) in [5, 5.41) is 0. The molecule has 29 heavy (non-hydrogen) atoms. The normalized spacial score (nSPS) is 20.7. The van der Waals surface area contributed by atoms with E-state index in [1.807, 2.05) is 13.8 Å². The van der Waals surface area contributed by atoms with E-state index in [-0.39, 0.29) is 29.3 Å². The summed E-state index contributed by atoms with van der Waals surface area (Å²) in [5.74, 6) is -1.19. The van der Waals surface area contributed by atoms with E-state index in [1.165, 1.54) is 29.4 Å². The van der Waals surface area contributed by atoms with E-state index < -0.39 is 29.9 Å². The minimum atomic E-state index is -1.04. The summed E-state index contributed by atoms with van der Waals surface area (Å²) < 4.78 is 14.3. The van der Waals surface area contributed by atoms with Crippen LogP contribution in [0, 0.1) is 0 Å². The van der Waals surface area contributed by atoms with Crippen molar-refractivity contribution in [2.24, 2.45) is 14.1 Å². The number of nitrogens with zero attached hydrogens (tertiary/aromatic N) is 5. The molecule has 0 aromatic carbocycles. The molecule has 1 fully saturated rings. The molecule has 1 aliphatic heterocycles. The first-order valence-electron chi connectivity index (χ1n) is 9.34. The Kier molecular flexibility index (Phi) is 5.60. The molecule has 11 nitrogen and oxygen atoms in total. The zero-order valence-electron chi connectivity index (χ0n) is 17.1. The van der Waals surface area contributed by atoms with E-state index in [1.54, 1.807) is 11.9 Å². The number of imidazole rings is 1. The Labute approximate surface area is 166 Å². The molecule has 158 valence electrons. The van der Waals surface area contributed by atoms with Crippen molar-refractivity contribution in [3.05, 3.63) is 27.2 Å². The van der Waals surface area contributed by atoms with Crippen LogP contribution in [0.15, 0.2) is 15.9 Å². The third-order valence-electron chi connectivity index (χ3n) is 4.88. The number of hydrogen-bond donors (Lipinski definition) is 0. The smallest absolute Gasteiger partial charge is 0.333 e. The summed E-state index contributed by atoms with van der Waals surface area (Å²) in [6.07, 6.45) is 0.148. The van der Waals surface area contributed by atoms with Gasteiger partial charge in [0.15, 0.2) is 17.3 Å². The maximum atomic E-state index is 12.7. The second kappa shape index (κ2) is 7.82. The van der Waals surface area contributed by atoms with Crippen LogP contribution in [0.1, 0.15) is 20.8 Å². The average molecular weight is 407 g/mol. The number of morpholine rings is 1. The maximum Gasteiger partial charge on any atom is 0.333 e. The van der Waals surface area contributed by atoms with Gasteiger partial charge in [-0.25, -0.2) is 14.3 Å². The monoisotopic (exact) mass is 407 g/mol. The summed E-state index contributed by atoms with van der Waals surface area (Å²) in [6, 6.07) is 0. The van der Waals surface area contributed by atoms with Crippen LogP contribution in [-0.4, -0.2) is 66.9 Å². The van der Waals surface area contributed by atoms with Crippen molar-refractivity contribution < 1.29 is 19.1 Å². The number of amides is 1. The largest absolute Gasteiger partial charge is 0.451 e. The molecule has 1 aliphatic rings. The highest BCUT2D eigenvalue weighted by Gasteiger charge is 2.30. The molecule has 0 spiro atoms. The topological polar surface area (TPSA) is 118 Å². The maximum absolute atomic E-state index is 12.7. The molecule has 3 rings (SSSR count). The van der Waals surface area contributed by atoms with Gasteiger partial charge in [-0.05, 0) is 20.8 Å². The fourth-order valence-corrected chi connectivity index (χ4v) is 3.56. The Morgan fingerprint density at radius 3 is 2.48 bits per heavy atom. The Bertz CT molecular complexity index is 1060. The lowest BCUT2D eigenvalue weighted by Crippen LogP contribution is -2.51. The third kappa shape index (κ3) is 3.95. The number of rotatable bonds is 4. The fraction of sp³-hybridized carbons (Fsp3) is 0.611. The van der Waals surface area contributed by atoms with Crippen LogP contribution < -0.4 is 11.2 Å². The van der Waals surface area contributed by atoms with Crippen molar-refractivity contribution in [1.29, 1.82) is 0 Å². The van der Waals surface area contributed by atoms with E-state index in [4.69, 9.17) is 9.47 Å². The van der Waals surface area contributed by atoms with Crippen molar-refractivity contribution in [1.82, 2.24) is 23.6 Å². The second-order valence-electron chi connectivity index (χ2n) is 7.39. The number of hydrogen-bond acceptors (Lipinski definition) is 7. The predicted octanol–water partition coefficient (Wildman–Crippen LogP) is -0.999. The lowest BCUT2D eigenvalue weighted by molar-refractivity contribution is -0.164. The van der Waals surface area contributed by atoms with E-state index in [0.29, 0.717) is 13.1 Å². The van der Waals surface area contributed by atoms with E-state index in [0.717, 1.165) is 4.57 Å². The average Bonchev–Trinajstić information content (AvgIpc) is 3.03. The van der Waals surface area contributed by atoms with Crippen molar-refractivity contribution in [2.75, 3.05) is 13.1 Å². The van der Waals surface area contributed by atoms with Crippen LogP contribution in [0.25, 0.3) is 11.2 Å². The van der Waals surface area contributed by atoms with Gasteiger partial charge in [0.1, 0.15) is 6.54 Å². The second-order valence-corrected chi connectivity index (χ2v) is 7.39. The van der Waals surface area contributed by atoms with E-state index >= 15 is 0 Å². The Morgan fingerprint density at radius 2 is 1.86 bits per heavy atom. The number of aryl methyl sites for hydroxylation is 2. The highest BCUT2D eigenvalue weighted by molar-refractivity contribution is 5.83. The molecular formula is C18H25N5O6. The van der Waals surface area contributed by atoms with Gasteiger partial charge in [0.25, 0.3) is 11.5 Å². The summed E-state index contributed by atoms with van der Waals surface area (Å²) in [4.78, 5) is 55.7. The Hall–Kier alpha value is -2.95. The fourth-order valence-electron chi connectivity index (χ4n) is 3.56. The minimum absolute atomic E-state index is 0.113. The van der Waals surface area contributed by atoms with Crippen molar-refractivity contribution in [3.8, 4) is 0 Å². The number of fused-ring (bicyclic) bond motifs is 1. The van der Waals surface area contributed by atoms with Gasteiger partial charge in [-0.2, -0.15) is 0 Å². The van der Waals surface area contributed by atoms with E-state index in [9.17, 15) is 19.2 Å². The van der Waals surface area contributed by atoms with Gasteiger partial charge in [-0.15, -0.1) is 0 Å². The molecule has 2 aromatic rings. The SMILES string of the molecule is CC1CN(C(=O)C(C)OC(=O)Cn2c(=O)c3c(ncn3C)n(C)c2=O)CC(C)O1. The Balaban J connectivity index is 1.76. The zero-order valence-corrected chi connectivity index (χ0v) is 17.1. The molecule has 0 bridgehead atoms. The highest BCUT2D eigenvalue weighted by atomic mass is 16.5. The first kappa shape index (κ1) is 20.8. The van der Waals surface area contributed by atoms with Crippen LogP contribution in [0.2, 0.25) is 0 Å². The van der Waals surface area contributed by atoms with Gasteiger partial charge >= 0.3 is 11.7 Å². The molecule has 0 aliphatic carbocycles. The Morgan fingerprint density at radius 1 is 1.24 bits per heavy atom. The van der Waals surface area contributed by atoms with Crippen LogP contribution in [0.4, 0.5) is 0 Å². The molecule has 3 atom stereocenters. The summed E-state index contributed by atoms with van der Waals surface area (Å²) in [5.41, 5.74) is -0.908. The molecule has 1 amide bonds. The number of carbonyl (C=O) groups excluding carboxylic acids is 2. The molecule has 0 N–H and O–H groups in total.